The second kappa shape index (κ2) is 12.6. The van der Waals surface area contributed by atoms with Gasteiger partial charge in [-0.15, -0.1) is 0 Å². The van der Waals surface area contributed by atoms with Crippen molar-refractivity contribution in [2.75, 3.05) is 0 Å². The van der Waals surface area contributed by atoms with Gasteiger partial charge >= 0.3 is 12.4 Å². The monoisotopic (exact) mass is 466 g/mol. The molecule has 8 heteroatoms. The molecule has 0 fully saturated rings. The van der Waals surface area contributed by atoms with Gasteiger partial charge in [0, 0.05) is 19.3 Å². The molecule has 0 saturated heterocycles. The van der Waals surface area contributed by atoms with Crippen LogP contribution in [0.2, 0.25) is 0 Å². The lowest BCUT2D eigenvalue weighted by atomic mass is 9.65. The van der Waals surface area contributed by atoms with Crippen LogP contribution in [0.4, 0.5) is 26.3 Å². The van der Waals surface area contributed by atoms with E-state index >= 15 is 0 Å². The van der Waals surface area contributed by atoms with Crippen LogP contribution in [0.1, 0.15) is 65.0 Å². The number of rotatable bonds is 6. The van der Waals surface area contributed by atoms with Gasteiger partial charge in [-0.05, 0) is 47.7 Å². The molecule has 0 amide bonds. The highest BCUT2D eigenvalue weighted by molar-refractivity contribution is 5.43. The van der Waals surface area contributed by atoms with Crippen LogP contribution in [0.5, 0.6) is 11.5 Å². The van der Waals surface area contributed by atoms with E-state index in [0.717, 1.165) is 19.3 Å². The van der Waals surface area contributed by atoms with Gasteiger partial charge in [0.25, 0.3) is 0 Å². The summed E-state index contributed by atoms with van der Waals surface area (Å²) in [7, 11) is 0. The predicted molar refractivity (Wildman–Crippen MR) is 115 cm³/mol. The Bertz CT molecular complexity index is 696. The second-order valence-electron chi connectivity index (χ2n) is 7.75. The molecule has 0 saturated carbocycles. The Kier molecular flexibility index (Phi) is 11.7. The molecular weight excluding hydrogens is 434 g/mol. The van der Waals surface area contributed by atoms with Crippen LogP contribution in [0.3, 0.4) is 0 Å². The second-order valence-corrected chi connectivity index (χ2v) is 7.75. The largest absolute Gasteiger partial charge is 0.508 e. The van der Waals surface area contributed by atoms with Gasteiger partial charge in [0.1, 0.15) is 11.5 Å². The van der Waals surface area contributed by atoms with Gasteiger partial charge in [0.05, 0.1) is 0 Å². The Hall–Kier alpha value is -2.38. The fourth-order valence-electron chi connectivity index (χ4n) is 3.50. The number of halogens is 6. The average molecular weight is 467 g/mol. The highest BCUT2D eigenvalue weighted by Gasteiger charge is 2.36. The summed E-state index contributed by atoms with van der Waals surface area (Å²) in [5.41, 5.74) is 2.28. The van der Waals surface area contributed by atoms with Gasteiger partial charge in [-0.2, -0.15) is 26.3 Å². The fraction of sp³-hybridized carbons (Fsp3) is 0.500. The average Bonchev–Trinajstić information content (AvgIpc) is 2.64. The van der Waals surface area contributed by atoms with E-state index in [0.29, 0.717) is 17.4 Å². The summed E-state index contributed by atoms with van der Waals surface area (Å²) in [6.45, 7) is 7.10. The zero-order chi connectivity index (χ0) is 25.2. The Labute approximate surface area is 185 Å². The minimum absolute atomic E-state index is 0.133. The molecule has 0 aromatic heterocycles. The molecule has 0 aliphatic carbocycles. The van der Waals surface area contributed by atoms with Gasteiger partial charge < -0.3 is 10.2 Å². The zero-order valence-electron chi connectivity index (χ0n) is 19.0. The molecule has 0 spiro atoms. The number of benzene rings is 2. The first-order valence-corrected chi connectivity index (χ1v) is 10.2. The first-order valence-electron chi connectivity index (χ1n) is 10.2. The highest BCUT2D eigenvalue weighted by atomic mass is 19.4. The van der Waals surface area contributed by atoms with E-state index in [2.05, 4.69) is 20.8 Å². The summed E-state index contributed by atoms with van der Waals surface area (Å²) in [4.78, 5) is 0. The molecule has 2 aromatic carbocycles. The molecule has 0 bridgehead atoms. The molecular formula is C24H32F6O2. The minimum atomic E-state index is -4.00. The topological polar surface area (TPSA) is 40.5 Å². The summed E-state index contributed by atoms with van der Waals surface area (Å²) < 4.78 is 62.1. The van der Waals surface area contributed by atoms with Crippen molar-refractivity contribution in [2.45, 2.75) is 71.6 Å². The molecule has 182 valence electrons. The van der Waals surface area contributed by atoms with E-state index in [1.165, 1.54) is 11.1 Å². The maximum atomic E-state index is 10.4. The maximum Gasteiger partial charge on any atom is 0.386 e. The first-order chi connectivity index (χ1) is 14.5. The molecule has 2 nitrogen and oxygen atoms in total. The van der Waals surface area contributed by atoms with E-state index in [1.54, 1.807) is 24.3 Å². The Morgan fingerprint density at radius 3 is 1.16 bits per heavy atom. The molecule has 0 heterocycles. The van der Waals surface area contributed by atoms with Crippen molar-refractivity contribution < 1.29 is 36.6 Å². The Morgan fingerprint density at radius 1 is 0.656 bits per heavy atom. The molecule has 1 atom stereocenters. The van der Waals surface area contributed by atoms with E-state index in [1.807, 2.05) is 24.3 Å². The highest BCUT2D eigenvalue weighted by Crippen LogP contribution is 2.43. The SMILES string of the molecule is CC(F)(F)F.CC(F)(F)F.CCCC(CC)C(C)(c1ccc(O)cc1)c1ccc(O)cc1. The maximum absolute atomic E-state index is 10.4. The third-order valence-electron chi connectivity index (χ3n) is 4.88. The molecule has 0 aliphatic rings. The first kappa shape index (κ1) is 29.6. The summed E-state index contributed by atoms with van der Waals surface area (Å²) in [5.74, 6) is 1.09. The smallest absolute Gasteiger partial charge is 0.386 e. The van der Waals surface area contributed by atoms with Crippen molar-refractivity contribution in [3.63, 3.8) is 0 Å². The van der Waals surface area contributed by atoms with Crippen molar-refractivity contribution in [1.29, 1.82) is 0 Å². The molecule has 0 aliphatic heterocycles. The summed E-state index contributed by atoms with van der Waals surface area (Å²) in [5, 5.41) is 19.2. The van der Waals surface area contributed by atoms with E-state index < -0.39 is 12.4 Å². The standard InChI is InChI=1S/C20H26O2.2C2H3F3/c1-4-6-15(5-2)20(3,16-7-11-18(21)12-8-16)17-9-13-19(22)14-10-17;2*1-2(3,4)5/h7-15,21-22H,4-6H2,1-3H3;2*1H3. The third kappa shape index (κ3) is 11.9. The molecule has 0 radical (unpaired) electrons. The number of hydrogen-bond donors (Lipinski definition) is 2. The number of hydrogen-bond acceptors (Lipinski definition) is 2. The lowest BCUT2D eigenvalue weighted by Crippen LogP contribution is -2.33. The van der Waals surface area contributed by atoms with Gasteiger partial charge in [-0.1, -0.05) is 57.9 Å². The van der Waals surface area contributed by atoms with Crippen molar-refractivity contribution in [1.82, 2.24) is 0 Å². The fourth-order valence-corrected chi connectivity index (χ4v) is 3.50. The van der Waals surface area contributed by atoms with Crippen molar-refractivity contribution in [2.24, 2.45) is 5.92 Å². The molecule has 2 N–H and O–H groups in total. The summed E-state index contributed by atoms with van der Waals surface area (Å²) in [6, 6.07) is 15.1. The van der Waals surface area contributed by atoms with Gasteiger partial charge in [-0.3, -0.25) is 0 Å². The molecule has 32 heavy (non-hydrogen) atoms. The predicted octanol–water partition coefficient (Wildman–Crippen LogP) is 8.37. The van der Waals surface area contributed by atoms with Crippen LogP contribution in [-0.4, -0.2) is 22.6 Å². The number of alkyl halides is 6. The van der Waals surface area contributed by atoms with E-state index in [-0.39, 0.29) is 19.3 Å². The lowest BCUT2D eigenvalue weighted by Gasteiger charge is -2.39. The van der Waals surface area contributed by atoms with Crippen LogP contribution in [0, 0.1) is 5.92 Å². The number of aromatic hydroxyl groups is 2. The van der Waals surface area contributed by atoms with Crippen LogP contribution in [0.15, 0.2) is 48.5 Å². The van der Waals surface area contributed by atoms with Crippen LogP contribution in [0.25, 0.3) is 0 Å². The number of phenolic OH excluding ortho intramolecular Hbond substituents is 2. The normalized spacial score (nSPS) is 12.7. The Morgan fingerprint density at radius 2 is 0.938 bits per heavy atom. The molecule has 2 rings (SSSR count). The minimum Gasteiger partial charge on any atom is -0.508 e. The third-order valence-corrected chi connectivity index (χ3v) is 4.88. The molecule has 2 aromatic rings. The van der Waals surface area contributed by atoms with Crippen LogP contribution < -0.4 is 0 Å². The molecule has 1 unspecified atom stereocenters. The summed E-state index contributed by atoms with van der Waals surface area (Å²) >= 11 is 0. The van der Waals surface area contributed by atoms with Gasteiger partial charge in [0.2, 0.25) is 0 Å². The van der Waals surface area contributed by atoms with Gasteiger partial charge in [0.15, 0.2) is 0 Å². The zero-order valence-corrected chi connectivity index (χ0v) is 19.0. The van der Waals surface area contributed by atoms with E-state index in [4.69, 9.17) is 0 Å². The Balaban J connectivity index is 0.000000805. The van der Waals surface area contributed by atoms with Gasteiger partial charge in [-0.25, -0.2) is 0 Å². The lowest BCUT2D eigenvalue weighted by molar-refractivity contribution is -0.111. The quantitative estimate of drug-likeness (QED) is 0.420. The number of phenols is 2. The van der Waals surface area contributed by atoms with Crippen molar-refractivity contribution in [3.8, 4) is 11.5 Å². The van der Waals surface area contributed by atoms with E-state index in [9.17, 15) is 36.6 Å². The van der Waals surface area contributed by atoms with Crippen LogP contribution in [-0.2, 0) is 5.41 Å². The summed E-state index contributed by atoms with van der Waals surface area (Å²) in [6.07, 6.45) is -4.62. The van der Waals surface area contributed by atoms with Crippen molar-refractivity contribution >= 4 is 0 Å². The van der Waals surface area contributed by atoms with Crippen molar-refractivity contribution in [3.05, 3.63) is 59.7 Å². The van der Waals surface area contributed by atoms with Crippen LogP contribution >= 0.6 is 0 Å².